The minimum atomic E-state index is -0.237. The number of ether oxygens (including phenoxy) is 2. The second-order valence-electron chi connectivity index (χ2n) is 4.80. The fraction of sp³-hybridized carbons (Fsp3) is 0.500. The van der Waals surface area contributed by atoms with Gasteiger partial charge in [-0.15, -0.1) is 0 Å². The van der Waals surface area contributed by atoms with Gasteiger partial charge in [0.05, 0.1) is 18.8 Å². The number of rotatable bonds is 2. The van der Waals surface area contributed by atoms with Crippen LogP contribution < -0.4 is 5.32 Å². The maximum absolute atomic E-state index is 12.0. The highest BCUT2D eigenvalue weighted by molar-refractivity contribution is 5.89. The van der Waals surface area contributed by atoms with Crippen molar-refractivity contribution in [2.24, 2.45) is 0 Å². The highest BCUT2D eigenvalue weighted by Gasteiger charge is 2.21. The lowest BCUT2D eigenvalue weighted by Crippen LogP contribution is -2.24. The number of carbonyl (C=O) groups is 1. The largest absolute Gasteiger partial charge is 0.456 e. The maximum atomic E-state index is 12.0. The second kappa shape index (κ2) is 5.08. The lowest BCUT2D eigenvalue weighted by atomic mass is 9.98. The fourth-order valence-corrected chi connectivity index (χ4v) is 2.43. The van der Waals surface area contributed by atoms with E-state index in [0.717, 1.165) is 25.9 Å². The summed E-state index contributed by atoms with van der Waals surface area (Å²) in [6.45, 7) is 3.06. The Labute approximate surface area is 106 Å². The van der Waals surface area contributed by atoms with E-state index in [1.54, 1.807) is 0 Å². The highest BCUT2D eigenvalue weighted by atomic mass is 16.6. The number of hydrogen-bond donors (Lipinski definition) is 1. The molecule has 1 aromatic rings. The van der Waals surface area contributed by atoms with Gasteiger partial charge in [-0.1, -0.05) is 6.07 Å². The van der Waals surface area contributed by atoms with Gasteiger partial charge in [0.25, 0.3) is 0 Å². The number of benzene rings is 1. The predicted molar refractivity (Wildman–Crippen MR) is 66.5 cm³/mol. The van der Waals surface area contributed by atoms with Gasteiger partial charge in [-0.2, -0.15) is 0 Å². The molecule has 1 fully saturated rings. The van der Waals surface area contributed by atoms with E-state index in [-0.39, 0.29) is 12.1 Å². The van der Waals surface area contributed by atoms with Gasteiger partial charge in [0.2, 0.25) is 0 Å². The van der Waals surface area contributed by atoms with Crippen LogP contribution in [0.2, 0.25) is 0 Å². The number of fused-ring (bicyclic) bond motifs is 1. The maximum Gasteiger partial charge on any atom is 0.338 e. The highest BCUT2D eigenvalue weighted by Crippen LogP contribution is 2.18. The lowest BCUT2D eigenvalue weighted by molar-refractivity contribution is 0.0270. The van der Waals surface area contributed by atoms with E-state index < -0.39 is 0 Å². The van der Waals surface area contributed by atoms with E-state index in [0.29, 0.717) is 18.8 Å². The Bertz CT molecular complexity index is 452. The molecule has 1 N–H and O–H groups in total. The lowest BCUT2D eigenvalue weighted by Gasteiger charge is -2.18. The van der Waals surface area contributed by atoms with Crippen molar-refractivity contribution in [1.82, 2.24) is 5.32 Å². The molecule has 0 saturated carbocycles. The molecule has 0 aliphatic carbocycles. The van der Waals surface area contributed by atoms with E-state index in [1.165, 1.54) is 11.1 Å². The van der Waals surface area contributed by atoms with Crippen LogP contribution in [-0.4, -0.2) is 31.8 Å². The zero-order valence-corrected chi connectivity index (χ0v) is 10.3. The minimum Gasteiger partial charge on any atom is -0.456 e. The third-order valence-corrected chi connectivity index (χ3v) is 3.49. The summed E-state index contributed by atoms with van der Waals surface area (Å²) in [4.78, 5) is 12.0. The van der Waals surface area contributed by atoms with Gasteiger partial charge in [-0.05, 0) is 36.2 Å². The Morgan fingerprint density at radius 1 is 1.39 bits per heavy atom. The van der Waals surface area contributed by atoms with Crippen molar-refractivity contribution in [3.05, 3.63) is 34.9 Å². The molecular weight excluding hydrogens is 230 g/mol. The van der Waals surface area contributed by atoms with Crippen molar-refractivity contribution in [3.63, 3.8) is 0 Å². The van der Waals surface area contributed by atoms with Gasteiger partial charge < -0.3 is 14.8 Å². The summed E-state index contributed by atoms with van der Waals surface area (Å²) in [5.41, 5.74) is 3.18. The standard InChI is InChI=1S/C14H17NO3/c16-14(18-13-4-6-17-9-13)11-2-1-10-3-5-15-8-12(10)7-11/h1-2,7,13,15H,3-6,8-9H2. The zero-order valence-electron chi connectivity index (χ0n) is 10.3. The molecule has 18 heavy (non-hydrogen) atoms. The number of esters is 1. The van der Waals surface area contributed by atoms with Crippen LogP contribution in [0.5, 0.6) is 0 Å². The van der Waals surface area contributed by atoms with Crippen LogP contribution >= 0.6 is 0 Å². The molecule has 1 atom stereocenters. The van der Waals surface area contributed by atoms with Crippen LogP contribution in [0.1, 0.15) is 27.9 Å². The van der Waals surface area contributed by atoms with Crippen LogP contribution in [0, 0.1) is 0 Å². The molecule has 1 unspecified atom stereocenters. The van der Waals surface area contributed by atoms with E-state index in [2.05, 4.69) is 5.32 Å². The molecular formula is C14H17NO3. The Hall–Kier alpha value is -1.39. The van der Waals surface area contributed by atoms with Crippen LogP contribution in [0.3, 0.4) is 0 Å². The summed E-state index contributed by atoms with van der Waals surface area (Å²) in [5, 5.41) is 3.31. The molecule has 2 aliphatic heterocycles. The molecule has 3 rings (SSSR count). The molecule has 2 heterocycles. The first-order chi connectivity index (χ1) is 8.83. The topological polar surface area (TPSA) is 47.6 Å². The van der Waals surface area contributed by atoms with Crippen LogP contribution in [0.25, 0.3) is 0 Å². The van der Waals surface area contributed by atoms with Crippen LogP contribution in [0.4, 0.5) is 0 Å². The first-order valence-electron chi connectivity index (χ1n) is 6.44. The number of carbonyl (C=O) groups excluding carboxylic acids is 1. The summed E-state index contributed by atoms with van der Waals surface area (Å²) in [6.07, 6.45) is 1.76. The number of nitrogens with one attached hydrogen (secondary N) is 1. The molecule has 0 bridgehead atoms. The average molecular weight is 247 g/mol. The Morgan fingerprint density at radius 3 is 3.17 bits per heavy atom. The summed E-state index contributed by atoms with van der Waals surface area (Å²) in [5.74, 6) is -0.237. The van der Waals surface area contributed by atoms with E-state index in [4.69, 9.17) is 9.47 Å². The molecule has 96 valence electrons. The quantitative estimate of drug-likeness (QED) is 0.800. The van der Waals surface area contributed by atoms with Crippen molar-refractivity contribution in [3.8, 4) is 0 Å². The van der Waals surface area contributed by atoms with Crippen molar-refractivity contribution in [2.75, 3.05) is 19.8 Å². The molecule has 2 aliphatic rings. The molecule has 4 heteroatoms. The molecule has 4 nitrogen and oxygen atoms in total. The molecule has 0 radical (unpaired) electrons. The second-order valence-corrected chi connectivity index (χ2v) is 4.80. The molecule has 1 aromatic carbocycles. The minimum absolute atomic E-state index is 0.0772. The number of hydrogen-bond acceptors (Lipinski definition) is 4. The van der Waals surface area contributed by atoms with Crippen LogP contribution in [0.15, 0.2) is 18.2 Å². The van der Waals surface area contributed by atoms with Gasteiger partial charge in [-0.3, -0.25) is 0 Å². The van der Waals surface area contributed by atoms with Crippen LogP contribution in [-0.2, 0) is 22.4 Å². The molecule has 1 saturated heterocycles. The fourth-order valence-electron chi connectivity index (χ4n) is 2.43. The van der Waals surface area contributed by atoms with Gasteiger partial charge >= 0.3 is 5.97 Å². The van der Waals surface area contributed by atoms with Gasteiger partial charge in [0, 0.05) is 13.0 Å². The molecule has 0 amide bonds. The van der Waals surface area contributed by atoms with E-state index in [1.807, 2.05) is 18.2 Å². The van der Waals surface area contributed by atoms with Gasteiger partial charge in [0.15, 0.2) is 0 Å². The Kier molecular flexibility index (Phi) is 3.30. The Balaban J connectivity index is 1.73. The third-order valence-electron chi connectivity index (χ3n) is 3.49. The molecule has 0 aromatic heterocycles. The summed E-state index contributed by atoms with van der Waals surface area (Å²) in [7, 11) is 0. The first kappa shape index (κ1) is 11.7. The third kappa shape index (κ3) is 2.40. The summed E-state index contributed by atoms with van der Waals surface area (Å²) < 4.78 is 10.6. The predicted octanol–water partition coefficient (Wildman–Crippen LogP) is 1.28. The monoisotopic (exact) mass is 247 g/mol. The Morgan fingerprint density at radius 2 is 2.33 bits per heavy atom. The molecule has 0 spiro atoms. The van der Waals surface area contributed by atoms with E-state index in [9.17, 15) is 4.79 Å². The summed E-state index contributed by atoms with van der Waals surface area (Å²) >= 11 is 0. The van der Waals surface area contributed by atoms with Crippen molar-refractivity contribution >= 4 is 5.97 Å². The van der Waals surface area contributed by atoms with Gasteiger partial charge in [0.1, 0.15) is 6.10 Å². The van der Waals surface area contributed by atoms with Crippen molar-refractivity contribution in [2.45, 2.75) is 25.5 Å². The van der Waals surface area contributed by atoms with E-state index >= 15 is 0 Å². The normalized spacial score (nSPS) is 22.6. The van der Waals surface area contributed by atoms with Crippen molar-refractivity contribution in [1.29, 1.82) is 0 Å². The van der Waals surface area contributed by atoms with Gasteiger partial charge in [-0.25, -0.2) is 4.79 Å². The average Bonchev–Trinajstić information content (AvgIpc) is 2.91. The smallest absolute Gasteiger partial charge is 0.338 e. The first-order valence-corrected chi connectivity index (χ1v) is 6.44. The summed E-state index contributed by atoms with van der Waals surface area (Å²) in [6, 6.07) is 5.85. The SMILES string of the molecule is O=C(OC1CCOC1)c1ccc2c(c1)CNCC2. The van der Waals surface area contributed by atoms with Crippen molar-refractivity contribution < 1.29 is 14.3 Å². The zero-order chi connectivity index (χ0) is 12.4.